The maximum atomic E-state index is 12.2. The van der Waals surface area contributed by atoms with Crippen LogP contribution in [0.3, 0.4) is 0 Å². The minimum absolute atomic E-state index is 0.192. The number of amides is 1. The third kappa shape index (κ3) is 2.73. The van der Waals surface area contributed by atoms with E-state index in [0.717, 1.165) is 45.4 Å². The van der Waals surface area contributed by atoms with E-state index in [-0.39, 0.29) is 12.6 Å². The SMILES string of the molecule is O=C(C1CCNC1)N1CCC(CCF)CC1. The summed E-state index contributed by atoms with van der Waals surface area (Å²) < 4.78 is 12.2. The van der Waals surface area contributed by atoms with Crippen LogP contribution in [0.2, 0.25) is 0 Å². The summed E-state index contributed by atoms with van der Waals surface area (Å²) in [5, 5.41) is 3.22. The quantitative estimate of drug-likeness (QED) is 0.787. The maximum absolute atomic E-state index is 12.2. The standard InChI is InChI=1S/C12H21FN2O/c13-5-1-10-3-7-15(8-4-10)12(16)11-2-6-14-9-11/h10-11,14H,1-9H2. The van der Waals surface area contributed by atoms with E-state index in [0.29, 0.717) is 18.2 Å². The van der Waals surface area contributed by atoms with Crippen LogP contribution in [0.1, 0.15) is 25.7 Å². The highest BCUT2D eigenvalue weighted by Gasteiger charge is 2.29. The van der Waals surface area contributed by atoms with Crippen LogP contribution in [0.5, 0.6) is 0 Å². The molecular formula is C12H21FN2O. The molecule has 0 aromatic carbocycles. The monoisotopic (exact) mass is 228 g/mol. The molecule has 2 rings (SSSR count). The summed E-state index contributed by atoms with van der Waals surface area (Å²) in [5.41, 5.74) is 0. The summed E-state index contributed by atoms with van der Waals surface area (Å²) >= 11 is 0. The zero-order valence-corrected chi connectivity index (χ0v) is 9.75. The van der Waals surface area contributed by atoms with E-state index >= 15 is 0 Å². The normalized spacial score (nSPS) is 27.3. The van der Waals surface area contributed by atoms with Gasteiger partial charge in [0.25, 0.3) is 0 Å². The number of hydrogen-bond donors (Lipinski definition) is 1. The number of piperidine rings is 1. The van der Waals surface area contributed by atoms with Gasteiger partial charge >= 0.3 is 0 Å². The van der Waals surface area contributed by atoms with Gasteiger partial charge in [0.1, 0.15) is 0 Å². The van der Waals surface area contributed by atoms with Crippen LogP contribution in [0, 0.1) is 11.8 Å². The van der Waals surface area contributed by atoms with Gasteiger partial charge in [0.15, 0.2) is 0 Å². The Hall–Kier alpha value is -0.640. The second-order valence-corrected chi connectivity index (χ2v) is 4.94. The number of alkyl halides is 1. The van der Waals surface area contributed by atoms with E-state index in [1.165, 1.54) is 0 Å². The number of carbonyl (C=O) groups is 1. The fourth-order valence-corrected chi connectivity index (χ4v) is 2.72. The van der Waals surface area contributed by atoms with Gasteiger partial charge in [0.2, 0.25) is 5.91 Å². The predicted molar refractivity (Wildman–Crippen MR) is 60.9 cm³/mol. The number of likely N-dealkylation sites (tertiary alicyclic amines) is 1. The summed E-state index contributed by atoms with van der Waals surface area (Å²) in [6, 6.07) is 0. The average molecular weight is 228 g/mol. The van der Waals surface area contributed by atoms with E-state index in [1.54, 1.807) is 0 Å². The van der Waals surface area contributed by atoms with Crippen LogP contribution in [0.15, 0.2) is 0 Å². The molecule has 16 heavy (non-hydrogen) atoms. The molecule has 2 aliphatic rings. The molecular weight excluding hydrogens is 207 g/mol. The van der Waals surface area contributed by atoms with Crippen LogP contribution < -0.4 is 5.32 Å². The lowest BCUT2D eigenvalue weighted by atomic mass is 9.93. The van der Waals surface area contributed by atoms with E-state index in [1.807, 2.05) is 4.90 Å². The molecule has 0 aliphatic carbocycles. The van der Waals surface area contributed by atoms with Crippen molar-refractivity contribution < 1.29 is 9.18 Å². The van der Waals surface area contributed by atoms with E-state index < -0.39 is 0 Å². The summed E-state index contributed by atoms with van der Waals surface area (Å²) in [4.78, 5) is 14.1. The van der Waals surface area contributed by atoms with Gasteiger partial charge in [-0.05, 0) is 38.1 Å². The largest absolute Gasteiger partial charge is 0.342 e. The Kier molecular flexibility index (Phi) is 4.16. The Bertz CT molecular complexity index is 233. The molecule has 0 spiro atoms. The van der Waals surface area contributed by atoms with Crippen LogP contribution in [0.25, 0.3) is 0 Å². The zero-order valence-electron chi connectivity index (χ0n) is 9.75. The molecule has 2 saturated heterocycles. The summed E-state index contributed by atoms with van der Waals surface area (Å²) in [5.74, 6) is 0.997. The van der Waals surface area contributed by atoms with Crippen molar-refractivity contribution in [3.63, 3.8) is 0 Å². The van der Waals surface area contributed by atoms with Gasteiger partial charge in [-0.15, -0.1) is 0 Å². The number of rotatable bonds is 3. The molecule has 2 aliphatic heterocycles. The van der Waals surface area contributed by atoms with Gasteiger partial charge in [-0.2, -0.15) is 0 Å². The van der Waals surface area contributed by atoms with Gasteiger partial charge in [-0.25, -0.2) is 0 Å². The van der Waals surface area contributed by atoms with E-state index in [9.17, 15) is 9.18 Å². The minimum atomic E-state index is -0.217. The number of hydrogen-bond acceptors (Lipinski definition) is 2. The summed E-state index contributed by atoms with van der Waals surface area (Å²) in [7, 11) is 0. The first-order chi connectivity index (χ1) is 7.81. The first-order valence-electron chi connectivity index (χ1n) is 6.36. The Morgan fingerprint density at radius 3 is 2.62 bits per heavy atom. The number of nitrogens with one attached hydrogen (secondary N) is 1. The lowest BCUT2D eigenvalue weighted by molar-refractivity contribution is -0.136. The molecule has 1 N–H and O–H groups in total. The predicted octanol–water partition coefficient (Wildman–Crippen LogP) is 1.19. The van der Waals surface area contributed by atoms with Gasteiger partial charge in [0, 0.05) is 19.6 Å². The van der Waals surface area contributed by atoms with Crippen molar-refractivity contribution >= 4 is 5.91 Å². The lowest BCUT2D eigenvalue weighted by Crippen LogP contribution is -2.42. The Morgan fingerprint density at radius 1 is 1.31 bits per heavy atom. The molecule has 92 valence electrons. The maximum Gasteiger partial charge on any atom is 0.227 e. The highest BCUT2D eigenvalue weighted by Crippen LogP contribution is 2.22. The van der Waals surface area contributed by atoms with Crippen molar-refractivity contribution in [2.75, 3.05) is 32.9 Å². The molecule has 4 heteroatoms. The highest BCUT2D eigenvalue weighted by molar-refractivity contribution is 5.79. The molecule has 3 nitrogen and oxygen atoms in total. The molecule has 2 fully saturated rings. The Morgan fingerprint density at radius 2 is 2.06 bits per heavy atom. The molecule has 2 heterocycles. The fraction of sp³-hybridized carbons (Fsp3) is 0.917. The molecule has 0 radical (unpaired) electrons. The average Bonchev–Trinajstić information content (AvgIpc) is 2.83. The van der Waals surface area contributed by atoms with Gasteiger partial charge < -0.3 is 10.2 Å². The smallest absolute Gasteiger partial charge is 0.227 e. The zero-order chi connectivity index (χ0) is 11.4. The topological polar surface area (TPSA) is 32.3 Å². The highest BCUT2D eigenvalue weighted by atomic mass is 19.1. The first kappa shape index (κ1) is 11.8. The number of nitrogens with zero attached hydrogens (tertiary/aromatic N) is 1. The van der Waals surface area contributed by atoms with E-state index in [2.05, 4.69) is 5.32 Å². The van der Waals surface area contributed by atoms with Crippen molar-refractivity contribution in [1.29, 1.82) is 0 Å². The molecule has 1 unspecified atom stereocenters. The van der Waals surface area contributed by atoms with E-state index in [4.69, 9.17) is 0 Å². The van der Waals surface area contributed by atoms with Crippen molar-refractivity contribution in [3.05, 3.63) is 0 Å². The van der Waals surface area contributed by atoms with Gasteiger partial charge in [-0.3, -0.25) is 9.18 Å². The molecule has 0 saturated carbocycles. The number of carbonyl (C=O) groups excluding carboxylic acids is 1. The number of halogens is 1. The van der Waals surface area contributed by atoms with Crippen LogP contribution >= 0.6 is 0 Å². The summed E-state index contributed by atoms with van der Waals surface area (Å²) in [6.45, 7) is 3.25. The molecule has 0 aromatic heterocycles. The van der Waals surface area contributed by atoms with Crippen LogP contribution in [-0.4, -0.2) is 43.7 Å². The molecule has 1 amide bonds. The van der Waals surface area contributed by atoms with Gasteiger partial charge in [-0.1, -0.05) is 0 Å². The second-order valence-electron chi connectivity index (χ2n) is 4.94. The first-order valence-corrected chi connectivity index (χ1v) is 6.36. The van der Waals surface area contributed by atoms with Gasteiger partial charge in [0.05, 0.1) is 12.6 Å². The van der Waals surface area contributed by atoms with Crippen LogP contribution in [-0.2, 0) is 4.79 Å². The van der Waals surface area contributed by atoms with Crippen molar-refractivity contribution in [2.24, 2.45) is 11.8 Å². The van der Waals surface area contributed by atoms with Crippen molar-refractivity contribution in [3.8, 4) is 0 Å². The van der Waals surface area contributed by atoms with Crippen molar-refractivity contribution in [1.82, 2.24) is 10.2 Å². The lowest BCUT2D eigenvalue weighted by Gasteiger charge is -2.33. The minimum Gasteiger partial charge on any atom is -0.342 e. The third-order valence-electron chi connectivity index (χ3n) is 3.85. The van der Waals surface area contributed by atoms with Crippen molar-refractivity contribution in [2.45, 2.75) is 25.7 Å². The van der Waals surface area contributed by atoms with Crippen LogP contribution in [0.4, 0.5) is 4.39 Å². The fourth-order valence-electron chi connectivity index (χ4n) is 2.72. The summed E-state index contributed by atoms with van der Waals surface area (Å²) in [6.07, 6.45) is 3.61. The second kappa shape index (κ2) is 5.62. The Balaban J connectivity index is 1.77. The molecule has 1 atom stereocenters. The molecule has 0 aromatic rings. The third-order valence-corrected chi connectivity index (χ3v) is 3.85. The molecule has 0 bridgehead atoms. The Labute approximate surface area is 96.4 Å².